The summed E-state index contributed by atoms with van der Waals surface area (Å²) in [6.45, 7) is -0.115. The van der Waals surface area contributed by atoms with E-state index in [9.17, 15) is 9.59 Å². The van der Waals surface area contributed by atoms with E-state index in [0.717, 1.165) is 3.57 Å². The molecule has 6 heteroatoms. The smallest absolute Gasteiger partial charge is 0.253 e. The molecule has 2 N–H and O–H groups in total. The number of hydrogen-bond donors (Lipinski definition) is 2. The lowest BCUT2D eigenvalue weighted by Crippen LogP contribution is -2.33. The van der Waals surface area contributed by atoms with Crippen molar-refractivity contribution in [2.24, 2.45) is 0 Å². The van der Waals surface area contributed by atoms with Gasteiger partial charge in [0.15, 0.2) is 0 Å². The van der Waals surface area contributed by atoms with Crippen molar-refractivity contribution < 1.29 is 9.59 Å². The highest BCUT2D eigenvalue weighted by molar-refractivity contribution is 14.1. The van der Waals surface area contributed by atoms with Gasteiger partial charge in [-0.2, -0.15) is 0 Å². The van der Waals surface area contributed by atoms with Gasteiger partial charge in [0.25, 0.3) is 5.91 Å². The van der Waals surface area contributed by atoms with Crippen LogP contribution in [0.25, 0.3) is 0 Å². The van der Waals surface area contributed by atoms with E-state index >= 15 is 0 Å². The highest BCUT2D eigenvalue weighted by Crippen LogP contribution is 2.14. The highest BCUT2D eigenvalue weighted by Gasteiger charge is 2.10. The summed E-state index contributed by atoms with van der Waals surface area (Å²) >= 11 is 8.10. The maximum Gasteiger partial charge on any atom is 0.253 e. The quantitative estimate of drug-likeness (QED) is 0.754. The van der Waals surface area contributed by atoms with E-state index < -0.39 is 0 Å². The molecule has 0 fully saturated rings. The van der Waals surface area contributed by atoms with Gasteiger partial charge in [0.1, 0.15) is 0 Å². The van der Waals surface area contributed by atoms with E-state index in [2.05, 4.69) is 33.2 Å². The van der Waals surface area contributed by atoms with Gasteiger partial charge in [-0.25, -0.2) is 0 Å². The predicted molar refractivity (Wildman–Crippen MR) is 91.6 cm³/mol. The van der Waals surface area contributed by atoms with Crippen LogP contribution in [-0.4, -0.2) is 18.4 Å². The molecule has 108 valence electrons. The van der Waals surface area contributed by atoms with Gasteiger partial charge in [-0.05, 0) is 59.0 Å². The molecule has 0 unspecified atom stereocenters. The van der Waals surface area contributed by atoms with Crippen LogP contribution >= 0.6 is 34.2 Å². The van der Waals surface area contributed by atoms with Crippen molar-refractivity contribution in [3.05, 3.63) is 62.7 Å². The Hall–Kier alpha value is -1.60. The van der Waals surface area contributed by atoms with Gasteiger partial charge in [-0.15, -0.1) is 0 Å². The van der Waals surface area contributed by atoms with Crippen LogP contribution in [0.3, 0.4) is 0 Å². The summed E-state index contributed by atoms with van der Waals surface area (Å²) in [6, 6.07) is 14.1. The van der Waals surface area contributed by atoms with Gasteiger partial charge in [0, 0.05) is 9.26 Å². The molecule has 2 amide bonds. The first-order valence-corrected chi connectivity index (χ1v) is 7.60. The van der Waals surface area contributed by atoms with Crippen molar-refractivity contribution in [2.45, 2.75) is 0 Å². The summed E-state index contributed by atoms with van der Waals surface area (Å²) in [5, 5.41) is 5.59. The summed E-state index contributed by atoms with van der Waals surface area (Å²) in [5.41, 5.74) is 1.04. The molecule has 0 aromatic heterocycles. The molecule has 2 rings (SSSR count). The molecule has 2 aromatic carbocycles. The number of nitrogens with one attached hydrogen (secondary N) is 2. The molecule has 0 spiro atoms. The first-order valence-electron chi connectivity index (χ1n) is 6.14. The van der Waals surface area contributed by atoms with Crippen molar-refractivity contribution in [3.63, 3.8) is 0 Å². The summed E-state index contributed by atoms with van der Waals surface area (Å²) in [6.07, 6.45) is 0. The maximum atomic E-state index is 11.9. The third-order valence-corrected chi connectivity index (χ3v) is 3.70. The molecule has 4 nitrogen and oxygen atoms in total. The van der Waals surface area contributed by atoms with Gasteiger partial charge < -0.3 is 10.6 Å². The van der Waals surface area contributed by atoms with E-state index in [1.54, 1.807) is 36.4 Å². The van der Waals surface area contributed by atoms with Crippen molar-refractivity contribution in [3.8, 4) is 0 Å². The minimum absolute atomic E-state index is 0.115. The van der Waals surface area contributed by atoms with E-state index in [0.29, 0.717) is 16.3 Å². The van der Waals surface area contributed by atoms with Gasteiger partial charge >= 0.3 is 0 Å². The number of benzene rings is 2. The molecular formula is C15H12ClIN2O2. The third kappa shape index (κ3) is 4.71. The van der Waals surface area contributed by atoms with E-state index in [1.807, 2.05) is 12.1 Å². The number of amides is 2. The molecule has 2 aromatic rings. The number of carbonyl (C=O) groups excluding carboxylic acids is 2. The van der Waals surface area contributed by atoms with Crippen molar-refractivity contribution in [2.75, 3.05) is 11.9 Å². The van der Waals surface area contributed by atoms with Crippen LogP contribution in [0.1, 0.15) is 10.4 Å². The molecular weight excluding hydrogens is 403 g/mol. The summed E-state index contributed by atoms with van der Waals surface area (Å²) in [7, 11) is 0. The lowest BCUT2D eigenvalue weighted by molar-refractivity contribution is -0.115. The molecule has 0 saturated carbocycles. The van der Waals surface area contributed by atoms with Crippen LogP contribution in [0.15, 0.2) is 48.5 Å². The Labute approximate surface area is 141 Å². The second-order valence-electron chi connectivity index (χ2n) is 4.22. The number of hydrogen-bond acceptors (Lipinski definition) is 2. The largest absolute Gasteiger partial charge is 0.343 e. The van der Waals surface area contributed by atoms with Crippen LogP contribution in [0, 0.1) is 3.57 Å². The van der Waals surface area contributed by atoms with E-state index in [4.69, 9.17) is 11.6 Å². The lowest BCUT2D eigenvalue weighted by Gasteiger charge is -2.08. The zero-order valence-corrected chi connectivity index (χ0v) is 13.8. The van der Waals surface area contributed by atoms with Crippen LogP contribution in [-0.2, 0) is 4.79 Å². The number of rotatable bonds is 4. The Bertz CT molecular complexity index is 659. The Morgan fingerprint density at radius 3 is 2.38 bits per heavy atom. The standard InChI is InChI=1S/C15H12ClIN2O2/c16-13-4-2-1-3-12(13)15(21)18-9-14(20)19-11-7-5-10(17)6-8-11/h1-8H,9H2,(H,18,21)(H,19,20). The lowest BCUT2D eigenvalue weighted by atomic mass is 10.2. The SMILES string of the molecule is O=C(CNC(=O)c1ccccc1Cl)Nc1ccc(I)cc1. The Morgan fingerprint density at radius 1 is 1.05 bits per heavy atom. The van der Waals surface area contributed by atoms with Gasteiger partial charge in [-0.3, -0.25) is 9.59 Å². The van der Waals surface area contributed by atoms with Crippen molar-refractivity contribution in [1.29, 1.82) is 0 Å². The number of anilines is 1. The van der Waals surface area contributed by atoms with Crippen molar-refractivity contribution in [1.82, 2.24) is 5.32 Å². The first-order chi connectivity index (χ1) is 10.1. The predicted octanol–water partition coefficient (Wildman–Crippen LogP) is 3.31. The fourth-order valence-electron chi connectivity index (χ4n) is 1.64. The molecule has 21 heavy (non-hydrogen) atoms. The average molecular weight is 415 g/mol. The minimum Gasteiger partial charge on any atom is -0.343 e. The molecule has 0 aliphatic rings. The van der Waals surface area contributed by atoms with Crippen LogP contribution in [0.4, 0.5) is 5.69 Å². The minimum atomic E-state index is -0.377. The molecule has 0 saturated heterocycles. The van der Waals surface area contributed by atoms with Crippen molar-refractivity contribution >= 4 is 51.7 Å². The molecule has 0 bridgehead atoms. The van der Waals surface area contributed by atoms with E-state index in [1.165, 1.54) is 0 Å². The Morgan fingerprint density at radius 2 is 1.71 bits per heavy atom. The average Bonchev–Trinajstić information content (AvgIpc) is 2.48. The fraction of sp³-hybridized carbons (Fsp3) is 0.0667. The van der Waals surface area contributed by atoms with Gasteiger partial charge in [-0.1, -0.05) is 23.7 Å². The second-order valence-corrected chi connectivity index (χ2v) is 5.87. The fourth-order valence-corrected chi connectivity index (χ4v) is 2.22. The van der Waals surface area contributed by atoms with Gasteiger partial charge in [0.05, 0.1) is 17.1 Å². The first kappa shape index (κ1) is 15.8. The Kier molecular flexibility index (Phi) is 5.58. The zero-order valence-electron chi connectivity index (χ0n) is 10.9. The number of carbonyl (C=O) groups is 2. The molecule has 0 aliphatic carbocycles. The van der Waals surface area contributed by atoms with E-state index in [-0.39, 0.29) is 18.4 Å². The third-order valence-electron chi connectivity index (χ3n) is 2.66. The molecule has 0 heterocycles. The second kappa shape index (κ2) is 7.42. The van der Waals surface area contributed by atoms with Crippen LogP contribution in [0.5, 0.6) is 0 Å². The normalized spacial score (nSPS) is 10.0. The highest BCUT2D eigenvalue weighted by atomic mass is 127. The summed E-state index contributed by atoms with van der Waals surface area (Å²) < 4.78 is 1.08. The monoisotopic (exact) mass is 414 g/mol. The zero-order chi connectivity index (χ0) is 15.2. The Balaban J connectivity index is 1.88. The molecule has 0 radical (unpaired) electrons. The van der Waals surface area contributed by atoms with Gasteiger partial charge in [0.2, 0.25) is 5.91 Å². The topological polar surface area (TPSA) is 58.2 Å². The summed E-state index contributed by atoms with van der Waals surface area (Å²) in [4.78, 5) is 23.6. The van der Waals surface area contributed by atoms with Crippen LogP contribution in [0.2, 0.25) is 5.02 Å². The maximum absolute atomic E-state index is 11.9. The summed E-state index contributed by atoms with van der Waals surface area (Å²) in [5.74, 6) is -0.671. The van der Waals surface area contributed by atoms with Crippen LogP contribution < -0.4 is 10.6 Å². The molecule has 0 aliphatic heterocycles. The molecule has 0 atom stereocenters. The number of halogens is 2.